The summed E-state index contributed by atoms with van der Waals surface area (Å²) in [6, 6.07) is 25.0. The zero-order valence-corrected chi connectivity index (χ0v) is 24.4. The lowest BCUT2D eigenvalue weighted by Crippen LogP contribution is -2.29. The van der Waals surface area contributed by atoms with E-state index in [1.807, 2.05) is 36.4 Å². The molecule has 0 fully saturated rings. The van der Waals surface area contributed by atoms with Crippen LogP contribution in [0, 0.1) is 0 Å². The monoisotopic (exact) mass is 563 g/mol. The summed E-state index contributed by atoms with van der Waals surface area (Å²) in [5.74, 6) is 0.167. The second kappa shape index (κ2) is 16.9. The van der Waals surface area contributed by atoms with Crippen molar-refractivity contribution < 1.29 is 19.1 Å². The van der Waals surface area contributed by atoms with Gasteiger partial charge in [0.1, 0.15) is 5.75 Å². The van der Waals surface area contributed by atoms with Gasteiger partial charge in [0.2, 0.25) is 0 Å². The normalized spacial score (nSPS) is 12.9. The molecule has 5 heteroatoms. The number of ether oxygens (including phenoxy) is 1. The third-order valence-electron chi connectivity index (χ3n) is 7.50. The molecule has 1 aliphatic rings. The summed E-state index contributed by atoms with van der Waals surface area (Å²) in [4.78, 5) is 36.9. The lowest BCUT2D eigenvalue weighted by atomic mass is 10.0. The van der Waals surface area contributed by atoms with Crippen LogP contribution in [0.5, 0.6) is 5.75 Å². The van der Waals surface area contributed by atoms with Gasteiger partial charge in [0, 0.05) is 17.7 Å². The molecule has 3 aromatic rings. The quantitative estimate of drug-likeness (QED) is 0.0673. The molecule has 1 aliphatic heterocycles. The van der Waals surface area contributed by atoms with E-state index in [1.54, 1.807) is 30.3 Å². The van der Waals surface area contributed by atoms with Crippen molar-refractivity contribution in [2.45, 2.75) is 70.6 Å². The van der Waals surface area contributed by atoms with Crippen LogP contribution in [-0.2, 0) is 16.0 Å². The van der Waals surface area contributed by atoms with Crippen molar-refractivity contribution in [3.63, 3.8) is 0 Å². The highest BCUT2D eigenvalue weighted by atomic mass is 16.5. The first kappa shape index (κ1) is 30.7. The van der Waals surface area contributed by atoms with Crippen LogP contribution in [0.1, 0.15) is 85.7 Å². The Morgan fingerprint density at radius 2 is 1.21 bits per heavy atom. The maximum Gasteiger partial charge on any atom is 0.258 e. The van der Waals surface area contributed by atoms with Gasteiger partial charge < -0.3 is 4.74 Å². The number of nitrogens with zero attached hydrogens (tertiary/aromatic N) is 1. The molecule has 4 rings (SSSR count). The summed E-state index contributed by atoms with van der Waals surface area (Å²) >= 11 is 0. The van der Waals surface area contributed by atoms with Crippen molar-refractivity contribution >= 4 is 29.4 Å². The van der Waals surface area contributed by atoms with Crippen LogP contribution in [0.2, 0.25) is 0 Å². The van der Waals surface area contributed by atoms with Crippen molar-refractivity contribution in [1.29, 1.82) is 0 Å². The average Bonchev–Trinajstić information content (AvgIpc) is 3.36. The smallest absolute Gasteiger partial charge is 0.258 e. The van der Waals surface area contributed by atoms with Crippen LogP contribution < -0.4 is 9.64 Å². The molecule has 0 radical (unpaired) electrons. The van der Waals surface area contributed by atoms with Crippen LogP contribution in [0.15, 0.2) is 97.1 Å². The molecule has 0 spiro atoms. The first-order valence-corrected chi connectivity index (χ1v) is 15.3. The van der Waals surface area contributed by atoms with Gasteiger partial charge in [-0.05, 0) is 60.7 Å². The number of unbranched alkanes of at least 4 members (excludes halogenated alkanes) is 9. The second-order valence-electron chi connectivity index (χ2n) is 10.8. The van der Waals surface area contributed by atoms with Gasteiger partial charge in [-0.2, -0.15) is 0 Å². The number of carbonyl (C=O) groups is 3. The van der Waals surface area contributed by atoms with Gasteiger partial charge in [0.25, 0.3) is 11.8 Å². The summed E-state index contributed by atoms with van der Waals surface area (Å²) in [6.45, 7) is 0.676. The van der Waals surface area contributed by atoms with Crippen LogP contribution in [0.4, 0.5) is 5.69 Å². The van der Waals surface area contributed by atoms with E-state index >= 15 is 0 Å². The van der Waals surface area contributed by atoms with Crippen molar-refractivity contribution in [1.82, 2.24) is 0 Å². The van der Waals surface area contributed by atoms with E-state index in [0.717, 1.165) is 29.1 Å². The van der Waals surface area contributed by atoms with E-state index in [0.29, 0.717) is 17.9 Å². The molecular formula is C37H41NO4. The molecule has 0 saturated carbocycles. The van der Waals surface area contributed by atoms with Gasteiger partial charge >= 0.3 is 0 Å². The Bertz CT molecular complexity index is 1320. The Hall–Kier alpha value is -4.25. The van der Waals surface area contributed by atoms with Crippen molar-refractivity contribution in [3.8, 4) is 5.75 Å². The Morgan fingerprint density at radius 1 is 0.643 bits per heavy atom. The highest BCUT2D eigenvalue weighted by Gasteiger charge is 2.24. The number of imide groups is 1. The number of ketones is 1. The van der Waals surface area contributed by atoms with E-state index < -0.39 is 0 Å². The lowest BCUT2D eigenvalue weighted by molar-refractivity contribution is -0.119. The molecule has 0 atom stereocenters. The summed E-state index contributed by atoms with van der Waals surface area (Å²) in [5.41, 5.74) is 3.69. The molecule has 218 valence electrons. The molecule has 5 nitrogen and oxygen atoms in total. The largest absolute Gasteiger partial charge is 0.494 e. The number of benzene rings is 3. The van der Waals surface area contributed by atoms with Crippen LogP contribution in [0.25, 0.3) is 6.08 Å². The minimum Gasteiger partial charge on any atom is -0.494 e. The number of anilines is 1. The number of rotatable bonds is 18. The van der Waals surface area contributed by atoms with Crippen molar-refractivity contribution in [3.05, 3.63) is 114 Å². The average molecular weight is 564 g/mol. The standard InChI is InChI=1S/C37H41NO4/c39-35(32-15-11-9-12-16-32)26-21-31-19-17-30(18-20-31)14-10-7-5-3-1-2-4-6-8-13-29-42-34-24-22-33(23-25-34)38-36(40)27-28-37(38)41/h9,11-12,15-28H,1-8,10,13-14,29H2. The molecule has 0 saturated heterocycles. The van der Waals surface area contributed by atoms with Gasteiger partial charge in [-0.1, -0.05) is 112 Å². The fraction of sp³-hybridized carbons (Fsp3) is 0.324. The second-order valence-corrected chi connectivity index (χ2v) is 10.8. The zero-order chi connectivity index (χ0) is 29.4. The first-order valence-electron chi connectivity index (χ1n) is 15.3. The summed E-state index contributed by atoms with van der Waals surface area (Å²) in [7, 11) is 0. The van der Waals surface area contributed by atoms with E-state index in [-0.39, 0.29) is 17.6 Å². The number of amides is 2. The number of carbonyl (C=O) groups excluding carboxylic acids is 3. The molecule has 42 heavy (non-hydrogen) atoms. The zero-order valence-electron chi connectivity index (χ0n) is 24.4. The van der Waals surface area contributed by atoms with E-state index in [9.17, 15) is 14.4 Å². The molecule has 0 aromatic heterocycles. The van der Waals surface area contributed by atoms with E-state index in [1.165, 1.54) is 75.5 Å². The molecule has 2 amide bonds. The highest BCUT2D eigenvalue weighted by Crippen LogP contribution is 2.22. The third kappa shape index (κ3) is 9.99. The number of hydrogen-bond donors (Lipinski definition) is 0. The molecule has 0 unspecified atom stereocenters. The molecule has 0 bridgehead atoms. The number of aryl methyl sites for hydroxylation is 1. The maximum atomic E-state index is 12.2. The van der Waals surface area contributed by atoms with Crippen molar-refractivity contribution in [2.75, 3.05) is 11.5 Å². The fourth-order valence-electron chi connectivity index (χ4n) is 5.05. The van der Waals surface area contributed by atoms with Crippen molar-refractivity contribution in [2.24, 2.45) is 0 Å². The summed E-state index contributed by atoms with van der Waals surface area (Å²) < 4.78 is 5.81. The van der Waals surface area contributed by atoms with E-state index in [4.69, 9.17) is 4.74 Å². The molecular weight excluding hydrogens is 522 g/mol. The maximum absolute atomic E-state index is 12.2. The molecule has 0 N–H and O–H groups in total. The van der Waals surface area contributed by atoms with Gasteiger partial charge in [-0.15, -0.1) is 0 Å². The van der Waals surface area contributed by atoms with Gasteiger partial charge in [-0.25, -0.2) is 4.90 Å². The van der Waals surface area contributed by atoms with Crippen LogP contribution in [0.3, 0.4) is 0 Å². The van der Waals surface area contributed by atoms with Gasteiger partial charge in [0.05, 0.1) is 12.3 Å². The highest BCUT2D eigenvalue weighted by molar-refractivity contribution is 6.28. The molecule has 0 aliphatic carbocycles. The van der Waals surface area contributed by atoms with Crippen LogP contribution >= 0.6 is 0 Å². The number of hydrogen-bond acceptors (Lipinski definition) is 4. The van der Waals surface area contributed by atoms with Gasteiger partial charge in [0.15, 0.2) is 5.78 Å². The Morgan fingerprint density at radius 3 is 1.83 bits per heavy atom. The fourth-order valence-corrected chi connectivity index (χ4v) is 5.05. The van der Waals surface area contributed by atoms with Crippen LogP contribution in [-0.4, -0.2) is 24.2 Å². The minimum absolute atomic E-state index is 0.0290. The first-order chi connectivity index (χ1) is 20.6. The van der Waals surface area contributed by atoms with E-state index in [2.05, 4.69) is 24.3 Å². The predicted octanol–water partition coefficient (Wildman–Crippen LogP) is 8.53. The SMILES string of the molecule is O=C(C=Cc1ccc(CCCCCCCCCCCCOc2ccc(N3C(=O)C=CC3=O)cc2)cc1)c1ccccc1. The van der Waals surface area contributed by atoms with Gasteiger partial charge in [-0.3, -0.25) is 14.4 Å². The Balaban J connectivity index is 0.959. The summed E-state index contributed by atoms with van der Waals surface area (Å²) in [6.07, 6.45) is 19.6. The predicted molar refractivity (Wildman–Crippen MR) is 170 cm³/mol. The minimum atomic E-state index is -0.309. The summed E-state index contributed by atoms with van der Waals surface area (Å²) in [5, 5.41) is 0. The Labute approximate surface area is 249 Å². The molecule has 1 heterocycles. The topological polar surface area (TPSA) is 63.7 Å². The number of allylic oxidation sites excluding steroid dienone is 1. The molecule has 3 aromatic carbocycles. The lowest BCUT2D eigenvalue weighted by Gasteiger charge is -2.14. The third-order valence-corrected chi connectivity index (χ3v) is 7.50. The Kier molecular flexibility index (Phi) is 12.3.